The minimum Gasteiger partial charge on any atom is -0.306 e. The normalized spacial score (nSPS) is 32.4. The summed E-state index contributed by atoms with van der Waals surface area (Å²) in [5.41, 5.74) is 0. The minimum absolute atomic E-state index is 0.835. The molecule has 0 aromatic rings. The molecule has 1 heterocycles. The van der Waals surface area contributed by atoms with Crippen LogP contribution >= 0.6 is 0 Å². The second kappa shape index (κ2) is 7.79. The maximum absolute atomic E-state index is 2.81. The molecule has 0 amide bonds. The van der Waals surface area contributed by atoms with Gasteiger partial charge in [0, 0.05) is 19.1 Å². The standard InChI is InChI=1S/C18H36N2/c1-15(2)9-11-19(4)13-17-10-12-20(14-17)18-7-5-16(3)6-8-18/h15-18H,5-14H2,1-4H3. The molecule has 1 aliphatic carbocycles. The highest BCUT2D eigenvalue weighted by molar-refractivity contribution is 4.85. The highest BCUT2D eigenvalue weighted by Gasteiger charge is 2.30. The van der Waals surface area contributed by atoms with Crippen LogP contribution in [0.2, 0.25) is 0 Å². The molecule has 2 heteroatoms. The van der Waals surface area contributed by atoms with Gasteiger partial charge in [-0.15, -0.1) is 0 Å². The average molecular weight is 280 g/mol. The van der Waals surface area contributed by atoms with Crippen molar-refractivity contribution >= 4 is 0 Å². The van der Waals surface area contributed by atoms with E-state index >= 15 is 0 Å². The molecular weight excluding hydrogens is 244 g/mol. The van der Waals surface area contributed by atoms with Crippen LogP contribution in [0.4, 0.5) is 0 Å². The van der Waals surface area contributed by atoms with E-state index in [0.717, 1.165) is 23.8 Å². The predicted molar refractivity (Wildman–Crippen MR) is 88.1 cm³/mol. The van der Waals surface area contributed by atoms with Crippen LogP contribution in [0.1, 0.15) is 59.3 Å². The van der Waals surface area contributed by atoms with E-state index in [4.69, 9.17) is 0 Å². The molecule has 2 fully saturated rings. The Morgan fingerprint density at radius 2 is 1.80 bits per heavy atom. The van der Waals surface area contributed by atoms with Crippen LogP contribution in [0.25, 0.3) is 0 Å². The number of hydrogen-bond donors (Lipinski definition) is 0. The summed E-state index contributed by atoms with van der Waals surface area (Å²) < 4.78 is 0. The van der Waals surface area contributed by atoms with Crippen LogP contribution in [0, 0.1) is 17.8 Å². The lowest BCUT2D eigenvalue weighted by atomic mass is 9.87. The molecule has 1 saturated heterocycles. The lowest BCUT2D eigenvalue weighted by Gasteiger charge is -2.33. The van der Waals surface area contributed by atoms with Crippen LogP contribution in [0.15, 0.2) is 0 Å². The molecule has 0 radical (unpaired) electrons. The molecule has 2 rings (SSSR count). The fourth-order valence-corrected chi connectivity index (χ4v) is 3.96. The predicted octanol–water partition coefficient (Wildman–Crippen LogP) is 3.86. The zero-order valence-corrected chi connectivity index (χ0v) is 14.3. The first-order valence-electron chi connectivity index (χ1n) is 8.97. The van der Waals surface area contributed by atoms with Crippen molar-refractivity contribution in [3.63, 3.8) is 0 Å². The molecule has 118 valence electrons. The lowest BCUT2D eigenvalue weighted by Crippen LogP contribution is -2.37. The van der Waals surface area contributed by atoms with Crippen molar-refractivity contribution < 1.29 is 0 Å². The monoisotopic (exact) mass is 280 g/mol. The quantitative estimate of drug-likeness (QED) is 0.729. The second-order valence-corrected chi connectivity index (χ2v) is 8.01. The van der Waals surface area contributed by atoms with Crippen molar-refractivity contribution in [3.05, 3.63) is 0 Å². The fourth-order valence-electron chi connectivity index (χ4n) is 3.96. The number of likely N-dealkylation sites (tertiary alicyclic amines) is 1. The Kier molecular flexibility index (Phi) is 6.35. The van der Waals surface area contributed by atoms with Crippen molar-refractivity contribution in [3.8, 4) is 0 Å². The van der Waals surface area contributed by atoms with Gasteiger partial charge < -0.3 is 9.80 Å². The summed E-state index contributed by atoms with van der Waals surface area (Å²) in [4.78, 5) is 5.38. The first-order chi connectivity index (χ1) is 9.54. The Balaban J connectivity index is 1.67. The third-order valence-electron chi connectivity index (χ3n) is 5.48. The fraction of sp³-hybridized carbons (Fsp3) is 1.00. The third kappa shape index (κ3) is 5.04. The molecule has 20 heavy (non-hydrogen) atoms. The van der Waals surface area contributed by atoms with Gasteiger partial charge in [-0.05, 0) is 76.4 Å². The number of hydrogen-bond acceptors (Lipinski definition) is 2. The second-order valence-electron chi connectivity index (χ2n) is 8.01. The van der Waals surface area contributed by atoms with Gasteiger partial charge in [0.25, 0.3) is 0 Å². The Hall–Kier alpha value is -0.0800. The first-order valence-corrected chi connectivity index (χ1v) is 8.97. The van der Waals surface area contributed by atoms with E-state index in [1.165, 1.54) is 64.7 Å². The van der Waals surface area contributed by atoms with Crippen LogP contribution in [0.3, 0.4) is 0 Å². The van der Waals surface area contributed by atoms with Crippen LogP contribution < -0.4 is 0 Å². The summed E-state index contributed by atoms with van der Waals surface area (Å²) in [6.07, 6.45) is 8.60. The van der Waals surface area contributed by atoms with Crippen LogP contribution in [-0.4, -0.2) is 49.1 Å². The van der Waals surface area contributed by atoms with Gasteiger partial charge in [-0.2, -0.15) is 0 Å². The zero-order valence-electron chi connectivity index (χ0n) is 14.3. The van der Waals surface area contributed by atoms with Gasteiger partial charge in [-0.3, -0.25) is 0 Å². The first kappa shape index (κ1) is 16.3. The van der Waals surface area contributed by atoms with Gasteiger partial charge in [-0.1, -0.05) is 20.8 Å². The van der Waals surface area contributed by atoms with Crippen molar-refractivity contribution in [1.82, 2.24) is 9.80 Å². The largest absolute Gasteiger partial charge is 0.306 e. The van der Waals surface area contributed by atoms with Gasteiger partial charge in [0.2, 0.25) is 0 Å². The molecule has 0 bridgehead atoms. The van der Waals surface area contributed by atoms with Crippen molar-refractivity contribution in [2.45, 2.75) is 65.3 Å². The summed E-state index contributed by atoms with van der Waals surface area (Å²) in [5, 5.41) is 0. The Labute approximate surface area is 126 Å². The molecule has 1 aliphatic heterocycles. The van der Waals surface area contributed by atoms with E-state index in [0.29, 0.717) is 0 Å². The topological polar surface area (TPSA) is 6.48 Å². The Bertz CT molecular complexity index is 269. The SMILES string of the molecule is CC(C)CCN(C)CC1CCN(C2CCC(C)CC2)C1. The Morgan fingerprint density at radius 1 is 1.10 bits per heavy atom. The summed E-state index contributed by atoms with van der Waals surface area (Å²) in [5.74, 6) is 2.74. The summed E-state index contributed by atoms with van der Waals surface area (Å²) in [6, 6.07) is 0.914. The van der Waals surface area contributed by atoms with E-state index in [1.807, 2.05) is 0 Å². The van der Waals surface area contributed by atoms with Gasteiger partial charge >= 0.3 is 0 Å². The molecule has 1 saturated carbocycles. The molecule has 2 aliphatic rings. The number of nitrogens with zero attached hydrogens (tertiary/aromatic N) is 2. The molecular formula is C18H36N2. The van der Waals surface area contributed by atoms with Crippen molar-refractivity contribution in [2.24, 2.45) is 17.8 Å². The summed E-state index contributed by atoms with van der Waals surface area (Å²) in [6.45, 7) is 12.4. The molecule has 1 unspecified atom stereocenters. The van der Waals surface area contributed by atoms with Crippen molar-refractivity contribution in [2.75, 3.05) is 33.2 Å². The van der Waals surface area contributed by atoms with Gasteiger partial charge in [0.15, 0.2) is 0 Å². The smallest absolute Gasteiger partial charge is 0.00955 e. The minimum atomic E-state index is 0.835. The van der Waals surface area contributed by atoms with E-state index < -0.39 is 0 Å². The Morgan fingerprint density at radius 3 is 2.45 bits per heavy atom. The number of rotatable bonds is 6. The van der Waals surface area contributed by atoms with E-state index in [1.54, 1.807) is 0 Å². The van der Waals surface area contributed by atoms with Gasteiger partial charge in [0.1, 0.15) is 0 Å². The maximum Gasteiger partial charge on any atom is 0.00955 e. The molecule has 0 aromatic carbocycles. The summed E-state index contributed by atoms with van der Waals surface area (Å²) >= 11 is 0. The maximum atomic E-state index is 2.81. The van der Waals surface area contributed by atoms with Crippen molar-refractivity contribution in [1.29, 1.82) is 0 Å². The molecule has 1 atom stereocenters. The molecule has 0 aromatic heterocycles. The highest BCUT2D eigenvalue weighted by Crippen LogP contribution is 2.30. The van der Waals surface area contributed by atoms with Crippen LogP contribution in [-0.2, 0) is 0 Å². The van der Waals surface area contributed by atoms with E-state index in [-0.39, 0.29) is 0 Å². The van der Waals surface area contributed by atoms with Crippen LogP contribution in [0.5, 0.6) is 0 Å². The third-order valence-corrected chi connectivity index (χ3v) is 5.48. The lowest BCUT2D eigenvalue weighted by molar-refractivity contribution is 0.159. The van der Waals surface area contributed by atoms with Gasteiger partial charge in [-0.25, -0.2) is 0 Å². The molecule has 2 nitrogen and oxygen atoms in total. The zero-order chi connectivity index (χ0) is 14.5. The average Bonchev–Trinajstić information content (AvgIpc) is 2.85. The summed E-state index contributed by atoms with van der Waals surface area (Å²) in [7, 11) is 2.31. The molecule has 0 N–H and O–H groups in total. The molecule has 0 spiro atoms. The van der Waals surface area contributed by atoms with E-state index in [9.17, 15) is 0 Å². The van der Waals surface area contributed by atoms with Gasteiger partial charge in [0.05, 0.1) is 0 Å². The highest BCUT2D eigenvalue weighted by atomic mass is 15.2. The van der Waals surface area contributed by atoms with E-state index in [2.05, 4.69) is 37.6 Å².